The molecule has 2 aromatic rings. The van der Waals surface area contributed by atoms with E-state index in [4.69, 9.17) is 9.47 Å². The molecule has 0 saturated heterocycles. The molecule has 0 heterocycles. The lowest BCUT2D eigenvalue weighted by Crippen LogP contribution is -2.03. The van der Waals surface area contributed by atoms with Crippen molar-refractivity contribution in [3.63, 3.8) is 0 Å². The van der Waals surface area contributed by atoms with Crippen LogP contribution in [0.15, 0.2) is 57.5 Å². The summed E-state index contributed by atoms with van der Waals surface area (Å²) in [7, 11) is 2.89. The number of rotatable bonds is 4. The van der Waals surface area contributed by atoms with Gasteiger partial charge >= 0.3 is 11.9 Å². The van der Waals surface area contributed by atoms with Gasteiger partial charge in [-0.3, -0.25) is 9.59 Å². The summed E-state index contributed by atoms with van der Waals surface area (Å²) in [5, 5.41) is 0. The molecule has 0 bridgehead atoms. The van der Waals surface area contributed by atoms with E-state index in [2.05, 4.69) is 56.1 Å². The SMILES string of the molecule is COC(=O)C1CC1c1cccc(Br)c1.COC(=O)C1CC1c1cccc(Br)c1. The minimum Gasteiger partial charge on any atom is -0.469 e. The van der Waals surface area contributed by atoms with E-state index in [1.54, 1.807) is 0 Å². The van der Waals surface area contributed by atoms with Gasteiger partial charge in [0.15, 0.2) is 0 Å². The Morgan fingerprint density at radius 3 is 1.50 bits per heavy atom. The molecule has 0 spiro atoms. The van der Waals surface area contributed by atoms with Crippen molar-refractivity contribution < 1.29 is 19.1 Å². The molecule has 6 heteroatoms. The van der Waals surface area contributed by atoms with E-state index in [9.17, 15) is 9.59 Å². The fourth-order valence-corrected chi connectivity index (χ4v) is 4.26. The average Bonchev–Trinajstić information content (AvgIpc) is 3.60. The summed E-state index contributed by atoms with van der Waals surface area (Å²) in [5.41, 5.74) is 2.43. The average molecular weight is 510 g/mol. The molecule has 4 unspecified atom stereocenters. The lowest BCUT2D eigenvalue weighted by atomic mass is 10.1. The van der Waals surface area contributed by atoms with Crippen molar-refractivity contribution >= 4 is 43.8 Å². The Morgan fingerprint density at radius 2 is 1.18 bits per heavy atom. The van der Waals surface area contributed by atoms with Crippen molar-refractivity contribution in [3.05, 3.63) is 68.6 Å². The molecule has 2 aliphatic carbocycles. The lowest BCUT2D eigenvalue weighted by Gasteiger charge is -2.00. The van der Waals surface area contributed by atoms with Crippen LogP contribution < -0.4 is 0 Å². The number of benzene rings is 2. The van der Waals surface area contributed by atoms with Crippen molar-refractivity contribution in [2.45, 2.75) is 24.7 Å². The van der Waals surface area contributed by atoms with Gasteiger partial charge in [-0.15, -0.1) is 0 Å². The molecule has 0 N–H and O–H groups in total. The highest BCUT2D eigenvalue weighted by Crippen LogP contribution is 2.49. The van der Waals surface area contributed by atoms with Gasteiger partial charge in [-0.1, -0.05) is 56.1 Å². The topological polar surface area (TPSA) is 52.6 Å². The highest BCUT2D eigenvalue weighted by atomic mass is 79.9. The largest absolute Gasteiger partial charge is 0.469 e. The van der Waals surface area contributed by atoms with E-state index in [0.717, 1.165) is 21.8 Å². The molecule has 4 rings (SSSR count). The molecule has 4 nitrogen and oxygen atoms in total. The van der Waals surface area contributed by atoms with Crippen LogP contribution in [0.5, 0.6) is 0 Å². The molecule has 0 aliphatic heterocycles. The Hall–Kier alpha value is -1.66. The van der Waals surface area contributed by atoms with Crippen LogP contribution in [-0.2, 0) is 19.1 Å². The van der Waals surface area contributed by atoms with Crippen molar-refractivity contribution in [2.24, 2.45) is 11.8 Å². The molecule has 0 radical (unpaired) electrons. The standard InChI is InChI=1S/2C11H11BrO2/c2*1-14-11(13)10-6-9(10)7-3-2-4-8(12)5-7/h2*2-5,9-10H,6H2,1H3. The predicted octanol–water partition coefficient (Wildman–Crippen LogP) is 5.45. The highest BCUT2D eigenvalue weighted by molar-refractivity contribution is 9.10. The van der Waals surface area contributed by atoms with Crippen LogP contribution in [0.4, 0.5) is 0 Å². The number of carbonyl (C=O) groups is 2. The Morgan fingerprint density at radius 1 is 0.786 bits per heavy atom. The van der Waals surface area contributed by atoms with E-state index < -0.39 is 0 Å². The number of hydrogen-bond donors (Lipinski definition) is 0. The summed E-state index contributed by atoms with van der Waals surface area (Å²) in [6.45, 7) is 0. The molecule has 2 saturated carbocycles. The van der Waals surface area contributed by atoms with E-state index in [1.807, 2.05) is 24.3 Å². The normalized spacial score (nSPS) is 24.4. The van der Waals surface area contributed by atoms with Crippen molar-refractivity contribution in [1.82, 2.24) is 0 Å². The van der Waals surface area contributed by atoms with Crippen LogP contribution in [0.3, 0.4) is 0 Å². The fourth-order valence-electron chi connectivity index (χ4n) is 3.42. The zero-order valence-electron chi connectivity index (χ0n) is 15.7. The van der Waals surface area contributed by atoms with Crippen LogP contribution in [0.2, 0.25) is 0 Å². The van der Waals surface area contributed by atoms with Crippen molar-refractivity contribution in [3.8, 4) is 0 Å². The van der Waals surface area contributed by atoms with Gasteiger partial charge in [-0.05, 0) is 60.1 Å². The third-order valence-corrected chi connectivity index (χ3v) is 6.13. The maximum atomic E-state index is 11.2. The second-order valence-electron chi connectivity index (χ2n) is 7.05. The summed E-state index contributed by atoms with van der Waals surface area (Å²) < 4.78 is 11.5. The monoisotopic (exact) mass is 508 g/mol. The van der Waals surface area contributed by atoms with Gasteiger partial charge in [-0.25, -0.2) is 0 Å². The molecule has 4 atom stereocenters. The second-order valence-corrected chi connectivity index (χ2v) is 8.89. The molecule has 28 heavy (non-hydrogen) atoms. The van der Waals surface area contributed by atoms with Crippen molar-refractivity contribution in [2.75, 3.05) is 14.2 Å². The number of hydrogen-bond acceptors (Lipinski definition) is 4. The number of ether oxygens (including phenoxy) is 2. The molecule has 2 aromatic carbocycles. The molecule has 0 aromatic heterocycles. The first-order valence-corrected chi connectivity index (χ1v) is 10.7. The van der Waals surface area contributed by atoms with Gasteiger partial charge in [0.2, 0.25) is 0 Å². The first kappa shape index (κ1) is 21.1. The smallest absolute Gasteiger partial charge is 0.309 e. The number of carbonyl (C=O) groups excluding carboxylic acids is 2. The van der Waals surface area contributed by atoms with Gasteiger partial charge in [0.1, 0.15) is 0 Å². The minimum atomic E-state index is -0.0880. The second kappa shape index (κ2) is 9.23. The molecule has 2 fully saturated rings. The van der Waals surface area contributed by atoms with E-state index in [0.29, 0.717) is 11.8 Å². The quantitative estimate of drug-likeness (QED) is 0.514. The van der Waals surface area contributed by atoms with Crippen LogP contribution in [-0.4, -0.2) is 26.2 Å². The third kappa shape index (κ3) is 5.23. The highest BCUT2D eigenvalue weighted by Gasteiger charge is 2.45. The predicted molar refractivity (Wildman–Crippen MR) is 114 cm³/mol. The van der Waals surface area contributed by atoms with Gasteiger partial charge in [0.05, 0.1) is 26.1 Å². The zero-order valence-corrected chi connectivity index (χ0v) is 18.9. The van der Waals surface area contributed by atoms with Gasteiger partial charge in [0.25, 0.3) is 0 Å². The first-order chi connectivity index (χ1) is 13.4. The van der Waals surface area contributed by atoms with E-state index >= 15 is 0 Å². The zero-order chi connectivity index (χ0) is 20.3. The van der Waals surface area contributed by atoms with Crippen LogP contribution in [0.1, 0.15) is 35.8 Å². The number of halogens is 2. The van der Waals surface area contributed by atoms with Gasteiger partial charge in [0, 0.05) is 8.95 Å². The maximum absolute atomic E-state index is 11.2. The maximum Gasteiger partial charge on any atom is 0.309 e. The van der Waals surface area contributed by atoms with Crippen LogP contribution >= 0.6 is 31.9 Å². The van der Waals surface area contributed by atoms with Gasteiger partial charge < -0.3 is 9.47 Å². The molecular weight excluding hydrogens is 488 g/mol. The lowest BCUT2D eigenvalue weighted by molar-refractivity contribution is -0.143. The van der Waals surface area contributed by atoms with Crippen molar-refractivity contribution in [1.29, 1.82) is 0 Å². The Bertz CT molecular complexity index is 796. The number of methoxy groups -OCH3 is 2. The summed E-state index contributed by atoms with van der Waals surface area (Å²) in [6, 6.07) is 16.2. The van der Waals surface area contributed by atoms with Gasteiger partial charge in [-0.2, -0.15) is 0 Å². The fraction of sp³-hybridized carbons (Fsp3) is 0.364. The van der Waals surface area contributed by atoms with Crippen LogP contribution in [0, 0.1) is 11.8 Å². The molecule has 2 aliphatic rings. The Balaban J connectivity index is 0.000000161. The molecule has 0 amide bonds. The molecule has 148 valence electrons. The van der Waals surface area contributed by atoms with E-state index in [-0.39, 0.29) is 23.8 Å². The Labute approximate surface area is 181 Å². The first-order valence-electron chi connectivity index (χ1n) is 9.11. The third-order valence-electron chi connectivity index (χ3n) is 5.14. The summed E-state index contributed by atoms with van der Waals surface area (Å²) in [4.78, 5) is 22.4. The molecular formula is C22H22Br2O4. The summed E-state index contributed by atoms with van der Waals surface area (Å²) in [6.07, 6.45) is 1.84. The number of esters is 2. The minimum absolute atomic E-state index is 0.0781. The summed E-state index contributed by atoms with van der Waals surface area (Å²) in [5.74, 6) is 0.702. The van der Waals surface area contributed by atoms with E-state index in [1.165, 1.54) is 25.3 Å². The Kier molecular flexibility index (Phi) is 6.94. The summed E-state index contributed by atoms with van der Waals surface area (Å²) >= 11 is 6.83. The van der Waals surface area contributed by atoms with Crippen LogP contribution in [0.25, 0.3) is 0 Å².